The van der Waals surface area contributed by atoms with Gasteiger partial charge in [-0.05, 0) is 36.6 Å². The summed E-state index contributed by atoms with van der Waals surface area (Å²) in [6, 6.07) is 9.75. The summed E-state index contributed by atoms with van der Waals surface area (Å²) in [7, 11) is 0. The summed E-state index contributed by atoms with van der Waals surface area (Å²) in [5.74, 6) is -0.148. The topological polar surface area (TPSA) is 12.0 Å². The third-order valence-electron chi connectivity index (χ3n) is 3.07. The van der Waals surface area contributed by atoms with Gasteiger partial charge >= 0.3 is 0 Å². The predicted octanol–water partition coefficient (Wildman–Crippen LogP) is 4.46. The van der Waals surface area contributed by atoms with Crippen molar-refractivity contribution in [2.75, 3.05) is 0 Å². The average Bonchev–Trinajstić information content (AvgIpc) is 3.08. The minimum Gasteiger partial charge on any atom is -0.310 e. The van der Waals surface area contributed by atoms with Gasteiger partial charge in [0.15, 0.2) is 0 Å². The van der Waals surface area contributed by atoms with Gasteiger partial charge in [0.2, 0.25) is 0 Å². The first-order valence-electron chi connectivity index (χ1n) is 6.00. The van der Waals surface area contributed by atoms with Crippen LogP contribution in [0.4, 0.5) is 4.39 Å². The van der Waals surface area contributed by atoms with Gasteiger partial charge in [0.25, 0.3) is 0 Å². The van der Waals surface area contributed by atoms with E-state index in [0.717, 1.165) is 20.3 Å². The van der Waals surface area contributed by atoms with E-state index in [1.54, 1.807) is 6.07 Å². The molecule has 18 heavy (non-hydrogen) atoms. The summed E-state index contributed by atoms with van der Waals surface area (Å²) in [5, 5.41) is 3.32. The van der Waals surface area contributed by atoms with E-state index in [0.29, 0.717) is 12.6 Å². The third kappa shape index (κ3) is 2.74. The van der Waals surface area contributed by atoms with Crippen LogP contribution in [0.15, 0.2) is 30.3 Å². The maximum atomic E-state index is 13.9. The van der Waals surface area contributed by atoms with Crippen molar-refractivity contribution in [3.05, 3.63) is 46.0 Å². The lowest BCUT2D eigenvalue weighted by atomic mass is 10.1. The highest BCUT2D eigenvalue weighted by molar-refractivity contribution is 7.19. The Hall–Kier alpha value is -0.900. The van der Waals surface area contributed by atoms with Crippen LogP contribution in [0.1, 0.15) is 18.4 Å². The van der Waals surface area contributed by atoms with Crippen molar-refractivity contribution in [3.63, 3.8) is 0 Å². The van der Waals surface area contributed by atoms with E-state index in [1.807, 2.05) is 24.3 Å². The molecule has 1 aliphatic carbocycles. The van der Waals surface area contributed by atoms with E-state index in [-0.39, 0.29) is 5.82 Å². The van der Waals surface area contributed by atoms with Gasteiger partial charge in [-0.1, -0.05) is 23.7 Å². The quantitative estimate of drug-likeness (QED) is 0.872. The fraction of sp³-hybridized carbons (Fsp3) is 0.286. The van der Waals surface area contributed by atoms with Crippen molar-refractivity contribution in [3.8, 4) is 10.4 Å². The van der Waals surface area contributed by atoms with Gasteiger partial charge in [-0.3, -0.25) is 0 Å². The zero-order chi connectivity index (χ0) is 12.5. The Morgan fingerprint density at radius 1 is 1.28 bits per heavy atom. The van der Waals surface area contributed by atoms with Crippen LogP contribution < -0.4 is 5.32 Å². The number of halogens is 2. The molecule has 1 aliphatic rings. The van der Waals surface area contributed by atoms with E-state index in [2.05, 4.69) is 5.32 Å². The van der Waals surface area contributed by atoms with E-state index >= 15 is 0 Å². The SMILES string of the molecule is Fc1cc(-c2ccc(Cl)s2)ccc1CNC1CC1. The molecule has 1 heterocycles. The minimum atomic E-state index is -0.148. The highest BCUT2D eigenvalue weighted by Crippen LogP contribution is 2.31. The number of thiophene rings is 1. The summed E-state index contributed by atoms with van der Waals surface area (Å²) < 4.78 is 14.7. The molecular formula is C14H13ClFNS. The highest BCUT2D eigenvalue weighted by Gasteiger charge is 2.20. The van der Waals surface area contributed by atoms with E-state index in [4.69, 9.17) is 11.6 Å². The van der Waals surface area contributed by atoms with E-state index in [9.17, 15) is 4.39 Å². The molecule has 0 spiro atoms. The lowest BCUT2D eigenvalue weighted by Gasteiger charge is -2.06. The summed E-state index contributed by atoms with van der Waals surface area (Å²) in [6.07, 6.45) is 2.43. The Bertz CT molecular complexity index is 563. The van der Waals surface area contributed by atoms with Crippen LogP contribution in [0.3, 0.4) is 0 Å². The van der Waals surface area contributed by atoms with Gasteiger partial charge in [0, 0.05) is 23.0 Å². The van der Waals surface area contributed by atoms with Gasteiger partial charge < -0.3 is 5.32 Å². The van der Waals surface area contributed by atoms with Crippen LogP contribution in [0.5, 0.6) is 0 Å². The second-order valence-electron chi connectivity index (χ2n) is 4.57. The minimum absolute atomic E-state index is 0.148. The standard InChI is InChI=1S/C14H13ClFNS/c15-14-6-5-13(18-14)9-1-2-10(12(16)7-9)8-17-11-3-4-11/h1-2,5-7,11,17H,3-4,8H2. The number of benzene rings is 1. The summed E-state index contributed by atoms with van der Waals surface area (Å²) in [4.78, 5) is 1.00. The van der Waals surface area contributed by atoms with Crippen LogP contribution in [0.2, 0.25) is 4.34 Å². The Labute approximate surface area is 115 Å². The Morgan fingerprint density at radius 2 is 2.11 bits per heavy atom. The second-order valence-corrected chi connectivity index (χ2v) is 6.28. The van der Waals surface area contributed by atoms with Crippen LogP contribution in [-0.4, -0.2) is 6.04 Å². The molecule has 0 atom stereocenters. The zero-order valence-electron chi connectivity index (χ0n) is 9.75. The lowest BCUT2D eigenvalue weighted by Crippen LogP contribution is -2.16. The smallest absolute Gasteiger partial charge is 0.128 e. The first kappa shape index (κ1) is 12.2. The number of rotatable bonds is 4. The van der Waals surface area contributed by atoms with Gasteiger partial charge in [-0.15, -0.1) is 11.3 Å². The van der Waals surface area contributed by atoms with Crippen molar-refractivity contribution in [2.45, 2.75) is 25.4 Å². The molecule has 0 amide bonds. The Kier molecular flexibility index (Phi) is 3.37. The first-order valence-corrected chi connectivity index (χ1v) is 7.19. The maximum absolute atomic E-state index is 13.9. The second kappa shape index (κ2) is 5.00. The number of nitrogens with one attached hydrogen (secondary N) is 1. The molecule has 0 saturated heterocycles. The fourth-order valence-electron chi connectivity index (χ4n) is 1.86. The molecule has 4 heteroatoms. The summed E-state index contributed by atoms with van der Waals surface area (Å²) >= 11 is 7.35. The van der Waals surface area contributed by atoms with Crippen molar-refractivity contribution in [1.29, 1.82) is 0 Å². The van der Waals surface area contributed by atoms with Crippen molar-refractivity contribution < 1.29 is 4.39 Å². The number of hydrogen-bond donors (Lipinski definition) is 1. The van der Waals surface area contributed by atoms with Gasteiger partial charge in [0.1, 0.15) is 5.82 Å². The molecule has 1 aromatic heterocycles. The normalized spacial score (nSPS) is 15.0. The van der Waals surface area contributed by atoms with E-state index < -0.39 is 0 Å². The van der Waals surface area contributed by atoms with Crippen molar-refractivity contribution in [1.82, 2.24) is 5.32 Å². The molecule has 94 valence electrons. The van der Waals surface area contributed by atoms with Gasteiger partial charge in [0.05, 0.1) is 4.34 Å². The number of hydrogen-bond acceptors (Lipinski definition) is 2. The molecule has 0 bridgehead atoms. The molecule has 1 N–H and O–H groups in total. The molecule has 0 aliphatic heterocycles. The summed E-state index contributed by atoms with van der Waals surface area (Å²) in [5.41, 5.74) is 1.62. The van der Waals surface area contributed by atoms with E-state index in [1.165, 1.54) is 24.2 Å². The molecule has 1 fully saturated rings. The molecular weight excluding hydrogens is 269 g/mol. The third-order valence-corrected chi connectivity index (χ3v) is 4.35. The average molecular weight is 282 g/mol. The van der Waals surface area contributed by atoms with Crippen molar-refractivity contribution >= 4 is 22.9 Å². The zero-order valence-corrected chi connectivity index (χ0v) is 11.3. The maximum Gasteiger partial charge on any atom is 0.128 e. The highest BCUT2D eigenvalue weighted by atomic mass is 35.5. The van der Waals surface area contributed by atoms with Crippen LogP contribution >= 0.6 is 22.9 Å². The fourth-order valence-corrected chi connectivity index (χ4v) is 2.89. The van der Waals surface area contributed by atoms with Crippen molar-refractivity contribution in [2.24, 2.45) is 0 Å². The molecule has 0 radical (unpaired) electrons. The predicted molar refractivity (Wildman–Crippen MR) is 74.6 cm³/mol. The van der Waals surface area contributed by atoms with Crippen LogP contribution in [0.25, 0.3) is 10.4 Å². The molecule has 3 rings (SSSR count). The van der Waals surface area contributed by atoms with Gasteiger partial charge in [-0.2, -0.15) is 0 Å². The summed E-state index contributed by atoms with van der Waals surface area (Å²) in [6.45, 7) is 0.613. The lowest BCUT2D eigenvalue weighted by molar-refractivity contribution is 0.587. The Morgan fingerprint density at radius 3 is 2.72 bits per heavy atom. The molecule has 1 saturated carbocycles. The van der Waals surface area contributed by atoms with Crippen LogP contribution in [0, 0.1) is 5.82 Å². The first-order chi connectivity index (χ1) is 8.72. The molecule has 1 nitrogen and oxygen atoms in total. The molecule has 0 unspecified atom stereocenters. The molecule has 1 aromatic carbocycles. The van der Waals surface area contributed by atoms with Crippen LogP contribution in [-0.2, 0) is 6.54 Å². The van der Waals surface area contributed by atoms with Gasteiger partial charge in [-0.25, -0.2) is 4.39 Å². The monoisotopic (exact) mass is 281 g/mol. The largest absolute Gasteiger partial charge is 0.310 e. The Balaban J connectivity index is 1.79. The molecule has 2 aromatic rings.